The van der Waals surface area contributed by atoms with E-state index in [1.54, 1.807) is 7.11 Å². The molecule has 0 atom stereocenters. The van der Waals surface area contributed by atoms with Crippen molar-refractivity contribution in [1.29, 1.82) is 0 Å². The standard InChI is InChI=1S/C18H22N2O3/c1-3-23-15-10-8-14(9-11-15)20-18(21)12-13-19-16-6-4-5-7-17(16)22-2/h4-11,19H,3,12-13H2,1-2H3,(H,20,21). The highest BCUT2D eigenvalue weighted by molar-refractivity contribution is 5.91. The van der Waals surface area contributed by atoms with Gasteiger partial charge in [-0.1, -0.05) is 12.1 Å². The summed E-state index contributed by atoms with van der Waals surface area (Å²) < 4.78 is 10.6. The summed E-state index contributed by atoms with van der Waals surface area (Å²) in [4.78, 5) is 12.0. The fourth-order valence-electron chi connectivity index (χ4n) is 2.13. The first-order chi connectivity index (χ1) is 11.2. The van der Waals surface area contributed by atoms with Crippen molar-refractivity contribution in [2.45, 2.75) is 13.3 Å². The predicted molar refractivity (Wildman–Crippen MR) is 92.3 cm³/mol. The molecule has 2 aromatic rings. The molecule has 5 nitrogen and oxygen atoms in total. The molecule has 0 saturated heterocycles. The molecule has 0 aliphatic rings. The van der Waals surface area contributed by atoms with Crippen LogP contribution in [0.1, 0.15) is 13.3 Å². The minimum Gasteiger partial charge on any atom is -0.495 e. The van der Waals surface area contributed by atoms with Gasteiger partial charge in [-0.3, -0.25) is 4.79 Å². The van der Waals surface area contributed by atoms with Crippen molar-refractivity contribution in [3.05, 3.63) is 48.5 Å². The summed E-state index contributed by atoms with van der Waals surface area (Å²) in [6.07, 6.45) is 0.366. The van der Waals surface area contributed by atoms with Gasteiger partial charge in [-0.05, 0) is 43.3 Å². The van der Waals surface area contributed by atoms with Crippen LogP contribution < -0.4 is 20.1 Å². The molecule has 0 spiro atoms. The van der Waals surface area contributed by atoms with E-state index in [0.29, 0.717) is 19.6 Å². The van der Waals surface area contributed by atoms with Crippen LogP contribution in [0.25, 0.3) is 0 Å². The van der Waals surface area contributed by atoms with Gasteiger partial charge >= 0.3 is 0 Å². The molecular weight excluding hydrogens is 292 g/mol. The Morgan fingerprint density at radius 1 is 1.09 bits per heavy atom. The van der Waals surface area contributed by atoms with Gasteiger partial charge in [-0.25, -0.2) is 0 Å². The van der Waals surface area contributed by atoms with E-state index in [1.807, 2.05) is 55.5 Å². The van der Waals surface area contributed by atoms with E-state index in [2.05, 4.69) is 10.6 Å². The molecular formula is C18H22N2O3. The Morgan fingerprint density at radius 3 is 2.52 bits per heavy atom. The minimum absolute atomic E-state index is 0.0449. The quantitative estimate of drug-likeness (QED) is 0.782. The number of nitrogens with one attached hydrogen (secondary N) is 2. The number of carbonyl (C=O) groups is 1. The van der Waals surface area contributed by atoms with Gasteiger partial charge in [-0.15, -0.1) is 0 Å². The van der Waals surface area contributed by atoms with Crippen molar-refractivity contribution < 1.29 is 14.3 Å². The molecule has 122 valence electrons. The molecule has 0 aromatic heterocycles. The lowest BCUT2D eigenvalue weighted by Gasteiger charge is -2.11. The predicted octanol–water partition coefficient (Wildman–Crippen LogP) is 3.53. The number of methoxy groups -OCH3 is 1. The lowest BCUT2D eigenvalue weighted by Crippen LogP contribution is -2.16. The topological polar surface area (TPSA) is 59.6 Å². The van der Waals surface area contributed by atoms with Gasteiger partial charge in [0.05, 0.1) is 19.4 Å². The lowest BCUT2D eigenvalue weighted by atomic mass is 10.2. The van der Waals surface area contributed by atoms with Crippen LogP contribution in [-0.4, -0.2) is 26.2 Å². The van der Waals surface area contributed by atoms with E-state index in [-0.39, 0.29) is 5.91 Å². The third-order valence-electron chi connectivity index (χ3n) is 3.22. The van der Waals surface area contributed by atoms with E-state index in [1.165, 1.54) is 0 Å². The molecule has 0 unspecified atom stereocenters. The Balaban J connectivity index is 1.78. The number of benzene rings is 2. The van der Waals surface area contributed by atoms with E-state index >= 15 is 0 Å². The first kappa shape index (κ1) is 16.7. The second kappa shape index (κ2) is 8.68. The highest BCUT2D eigenvalue weighted by Gasteiger charge is 2.04. The van der Waals surface area contributed by atoms with Crippen LogP contribution in [0.5, 0.6) is 11.5 Å². The van der Waals surface area contributed by atoms with E-state index < -0.39 is 0 Å². The smallest absolute Gasteiger partial charge is 0.226 e. The van der Waals surface area contributed by atoms with Gasteiger partial charge in [0, 0.05) is 18.7 Å². The van der Waals surface area contributed by atoms with Gasteiger partial charge < -0.3 is 20.1 Å². The highest BCUT2D eigenvalue weighted by atomic mass is 16.5. The van der Waals surface area contributed by atoms with Gasteiger partial charge in [-0.2, -0.15) is 0 Å². The second-order valence-corrected chi connectivity index (χ2v) is 4.88. The molecule has 2 rings (SSSR count). The molecule has 1 amide bonds. The van der Waals surface area contributed by atoms with Crippen LogP contribution in [0.4, 0.5) is 11.4 Å². The number of anilines is 2. The molecule has 0 radical (unpaired) electrons. The number of hydrogen-bond donors (Lipinski definition) is 2. The summed E-state index contributed by atoms with van der Waals surface area (Å²) in [5.74, 6) is 1.51. The van der Waals surface area contributed by atoms with E-state index in [0.717, 1.165) is 22.9 Å². The average molecular weight is 314 g/mol. The summed E-state index contributed by atoms with van der Waals surface area (Å²) in [5.41, 5.74) is 1.64. The minimum atomic E-state index is -0.0449. The van der Waals surface area contributed by atoms with Crippen LogP contribution in [0, 0.1) is 0 Å². The maximum absolute atomic E-state index is 12.0. The van der Waals surface area contributed by atoms with Crippen molar-refractivity contribution in [3.63, 3.8) is 0 Å². The highest BCUT2D eigenvalue weighted by Crippen LogP contribution is 2.22. The monoisotopic (exact) mass is 314 g/mol. The summed E-state index contributed by atoms with van der Waals surface area (Å²) >= 11 is 0. The normalized spacial score (nSPS) is 10.0. The molecule has 5 heteroatoms. The van der Waals surface area contributed by atoms with Gasteiger partial charge in [0.25, 0.3) is 0 Å². The third-order valence-corrected chi connectivity index (χ3v) is 3.22. The largest absolute Gasteiger partial charge is 0.495 e. The second-order valence-electron chi connectivity index (χ2n) is 4.88. The Morgan fingerprint density at radius 2 is 1.83 bits per heavy atom. The zero-order valence-electron chi connectivity index (χ0n) is 13.5. The van der Waals surface area contributed by atoms with E-state index in [4.69, 9.17) is 9.47 Å². The molecule has 0 aliphatic carbocycles. The first-order valence-corrected chi connectivity index (χ1v) is 7.62. The molecule has 23 heavy (non-hydrogen) atoms. The average Bonchev–Trinajstić information content (AvgIpc) is 2.57. The van der Waals surface area contributed by atoms with Crippen molar-refractivity contribution in [1.82, 2.24) is 0 Å². The number of hydrogen-bond acceptors (Lipinski definition) is 4. The molecule has 0 bridgehead atoms. The summed E-state index contributed by atoms with van der Waals surface area (Å²) in [6.45, 7) is 3.09. The number of rotatable bonds is 8. The Kier molecular flexibility index (Phi) is 6.29. The maximum Gasteiger partial charge on any atom is 0.226 e. The first-order valence-electron chi connectivity index (χ1n) is 7.62. The summed E-state index contributed by atoms with van der Waals surface area (Å²) in [5, 5.41) is 6.06. The summed E-state index contributed by atoms with van der Waals surface area (Å²) in [6, 6.07) is 15.0. The number of ether oxygens (including phenoxy) is 2. The van der Waals surface area contributed by atoms with Crippen LogP contribution in [-0.2, 0) is 4.79 Å². The van der Waals surface area contributed by atoms with Crippen molar-refractivity contribution >= 4 is 17.3 Å². The number of carbonyl (C=O) groups excluding carboxylic acids is 1. The third kappa shape index (κ3) is 5.21. The van der Waals surface area contributed by atoms with Gasteiger partial charge in [0.1, 0.15) is 11.5 Å². The Hall–Kier alpha value is -2.69. The zero-order valence-corrected chi connectivity index (χ0v) is 13.5. The SMILES string of the molecule is CCOc1ccc(NC(=O)CCNc2ccccc2OC)cc1. The number of para-hydroxylation sites is 2. The van der Waals surface area contributed by atoms with Crippen LogP contribution in [0.3, 0.4) is 0 Å². The number of amides is 1. The van der Waals surface area contributed by atoms with Crippen molar-refractivity contribution in [3.8, 4) is 11.5 Å². The molecule has 0 saturated carbocycles. The molecule has 2 N–H and O–H groups in total. The molecule has 0 aliphatic heterocycles. The van der Waals surface area contributed by atoms with Crippen molar-refractivity contribution in [2.24, 2.45) is 0 Å². The Bertz CT molecular complexity index is 626. The van der Waals surface area contributed by atoms with Crippen LogP contribution in [0.15, 0.2) is 48.5 Å². The van der Waals surface area contributed by atoms with Crippen LogP contribution in [0.2, 0.25) is 0 Å². The molecule has 2 aromatic carbocycles. The fourth-order valence-corrected chi connectivity index (χ4v) is 2.13. The zero-order chi connectivity index (χ0) is 16.5. The van der Waals surface area contributed by atoms with Crippen LogP contribution >= 0.6 is 0 Å². The lowest BCUT2D eigenvalue weighted by molar-refractivity contribution is -0.115. The van der Waals surface area contributed by atoms with Crippen molar-refractivity contribution in [2.75, 3.05) is 30.9 Å². The van der Waals surface area contributed by atoms with E-state index in [9.17, 15) is 4.79 Å². The fraction of sp³-hybridized carbons (Fsp3) is 0.278. The maximum atomic E-state index is 12.0. The van der Waals surface area contributed by atoms with Gasteiger partial charge in [0.2, 0.25) is 5.91 Å². The molecule has 0 heterocycles. The summed E-state index contributed by atoms with van der Waals surface area (Å²) in [7, 11) is 1.62. The Labute approximate surface area is 136 Å². The molecule has 0 fully saturated rings. The van der Waals surface area contributed by atoms with Gasteiger partial charge in [0.15, 0.2) is 0 Å².